The van der Waals surface area contributed by atoms with Crippen LogP contribution >= 0.6 is 0 Å². The second kappa shape index (κ2) is 7.36. The van der Waals surface area contributed by atoms with Crippen LogP contribution in [0.15, 0.2) is 54.7 Å². The molecule has 0 unspecified atom stereocenters. The highest BCUT2D eigenvalue weighted by atomic mass is 16.2. The van der Waals surface area contributed by atoms with Gasteiger partial charge in [-0.15, -0.1) is 0 Å². The first-order valence-corrected chi connectivity index (χ1v) is 9.57. The molecule has 0 aliphatic carbocycles. The van der Waals surface area contributed by atoms with Crippen LogP contribution in [0.25, 0.3) is 10.9 Å². The molecule has 1 aromatic heterocycles. The van der Waals surface area contributed by atoms with Gasteiger partial charge < -0.3 is 9.88 Å². The van der Waals surface area contributed by atoms with Gasteiger partial charge in [-0.25, -0.2) is 0 Å². The van der Waals surface area contributed by atoms with Crippen molar-refractivity contribution in [2.45, 2.75) is 32.6 Å². The van der Waals surface area contributed by atoms with Crippen LogP contribution in [-0.2, 0) is 17.6 Å². The summed E-state index contributed by atoms with van der Waals surface area (Å²) in [5.74, 6) is 0.929. The number of hydrogen-bond acceptors (Lipinski definition) is 1. The predicted octanol–water partition coefficient (Wildman–Crippen LogP) is 4.50. The van der Waals surface area contributed by atoms with Gasteiger partial charge in [0.25, 0.3) is 0 Å². The highest BCUT2D eigenvalue weighted by molar-refractivity contribution is 5.83. The van der Waals surface area contributed by atoms with Gasteiger partial charge in [-0.1, -0.05) is 48.0 Å². The molecule has 0 saturated carbocycles. The van der Waals surface area contributed by atoms with E-state index >= 15 is 0 Å². The first-order valence-electron chi connectivity index (χ1n) is 9.57. The van der Waals surface area contributed by atoms with Crippen LogP contribution in [0.1, 0.15) is 29.5 Å². The summed E-state index contributed by atoms with van der Waals surface area (Å²) in [5, 5.41) is 1.34. The van der Waals surface area contributed by atoms with Crippen LogP contribution in [0.2, 0.25) is 0 Å². The fraction of sp³-hybridized carbons (Fsp3) is 0.348. The second-order valence-electron chi connectivity index (χ2n) is 7.55. The average Bonchev–Trinajstić information content (AvgIpc) is 3.05. The average molecular weight is 346 g/mol. The minimum absolute atomic E-state index is 0.265. The molecule has 2 aromatic carbocycles. The molecule has 3 nitrogen and oxygen atoms in total. The fourth-order valence-corrected chi connectivity index (χ4v) is 4.11. The lowest BCUT2D eigenvalue weighted by Crippen LogP contribution is -2.39. The van der Waals surface area contributed by atoms with Gasteiger partial charge in [0.2, 0.25) is 5.91 Å². The van der Waals surface area contributed by atoms with E-state index in [9.17, 15) is 4.79 Å². The van der Waals surface area contributed by atoms with Crippen molar-refractivity contribution in [3.05, 3.63) is 71.4 Å². The number of likely N-dealkylation sites (tertiary alicyclic amines) is 1. The summed E-state index contributed by atoms with van der Waals surface area (Å²) >= 11 is 0. The Kier molecular flexibility index (Phi) is 4.79. The molecule has 4 rings (SSSR count). The minimum Gasteiger partial charge on any atom is -0.361 e. The third-order valence-electron chi connectivity index (χ3n) is 5.59. The Morgan fingerprint density at radius 3 is 2.73 bits per heavy atom. The molecule has 1 aliphatic rings. The summed E-state index contributed by atoms with van der Waals surface area (Å²) < 4.78 is 0. The van der Waals surface area contributed by atoms with E-state index < -0.39 is 0 Å². The smallest absolute Gasteiger partial charge is 0.226 e. The van der Waals surface area contributed by atoms with Crippen LogP contribution in [0.4, 0.5) is 0 Å². The van der Waals surface area contributed by atoms with Crippen LogP contribution in [0.5, 0.6) is 0 Å². The van der Waals surface area contributed by atoms with Gasteiger partial charge in [-0.2, -0.15) is 0 Å². The van der Waals surface area contributed by atoms with E-state index in [-0.39, 0.29) is 5.91 Å². The van der Waals surface area contributed by atoms with E-state index in [2.05, 4.69) is 60.6 Å². The maximum atomic E-state index is 12.6. The number of amides is 1. The Balaban J connectivity index is 1.33. The van der Waals surface area contributed by atoms with E-state index in [0.717, 1.165) is 37.9 Å². The summed E-state index contributed by atoms with van der Waals surface area (Å²) in [5.41, 5.74) is 4.96. The van der Waals surface area contributed by atoms with E-state index in [1.54, 1.807) is 0 Å². The van der Waals surface area contributed by atoms with Gasteiger partial charge >= 0.3 is 0 Å². The number of nitrogens with zero attached hydrogens (tertiary/aromatic N) is 1. The fourth-order valence-electron chi connectivity index (χ4n) is 4.11. The lowest BCUT2D eigenvalue weighted by molar-refractivity contribution is -0.131. The molecule has 1 aliphatic heterocycles. The van der Waals surface area contributed by atoms with Gasteiger partial charge in [0.05, 0.1) is 6.42 Å². The van der Waals surface area contributed by atoms with Crippen molar-refractivity contribution in [1.29, 1.82) is 0 Å². The molecule has 26 heavy (non-hydrogen) atoms. The lowest BCUT2D eigenvalue weighted by Gasteiger charge is -2.32. The number of hydrogen-bond donors (Lipinski definition) is 1. The second-order valence-corrected chi connectivity index (χ2v) is 7.55. The number of aromatic amines is 1. The molecule has 2 heterocycles. The Morgan fingerprint density at radius 1 is 1.12 bits per heavy atom. The zero-order valence-corrected chi connectivity index (χ0v) is 15.4. The normalized spacial score (nSPS) is 15.5. The number of carbonyl (C=O) groups excluding carboxylic acids is 1. The SMILES string of the molecule is Cc1cccc(CC(=O)N2CCC(Cc3c[nH]c4ccccc34)CC2)c1. The molecular weight excluding hydrogens is 320 g/mol. The molecule has 0 bridgehead atoms. The molecule has 3 aromatic rings. The maximum Gasteiger partial charge on any atom is 0.226 e. The van der Waals surface area contributed by atoms with E-state index in [4.69, 9.17) is 0 Å². The summed E-state index contributed by atoms with van der Waals surface area (Å²) in [4.78, 5) is 18.0. The van der Waals surface area contributed by atoms with E-state index in [0.29, 0.717) is 12.3 Å². The number of carbonyl (C=O) groups is 1. The number of H-pyrrole nitrogens is 1. The summed E-state index contributed by atoms with van der Waals surface area (Å²) in [7, 11) is 0. The predicted molar refractivity (Wildman–Crippen MR) is 106 cm³/mol. The van der Waals surface area contributed by atoms with Crippen molar-refractivity contribution in [2.24, 2.45) is 5.92 Å². The Bertz CT molecular complexity index is 903. The number of benzene rings is 2. The monoisotopic (exact) mass is 346 g/mol. The topological polar surface area (TPSA) is 36.1 Å². The number of aromatic nitrogens is 1. The largest absolute Gasteiger partial charge is 0.361 e. The Morgan fingerprint density at radius 2 is 1.92 bits per heavy atom. The standard InChI is InChI=1S/C23H26N2O/c1-17-5-4-6-19(13-17)15-23(26)25-11-9-18(10-12-25)14-20-16-24-22-8-3-2-7-21(20)22/h2-8,13,16,18,24H,9-12,14-15H2,1H3. The first kappa shape index (κ1) is 16.9. The van der Waals surface area contributed by atoms with E-state index in [1.807, 2.05) is 11.0 Å². The summed E-state index contributed by atoms with van der Waals surface area (Å²) in [6.07, 6.45) is 5.97. The van der Waals surface area contributed by atoms with Crippen molar-refractivity contribution in [3.63, 3.8) is 0 Å². The first-order chi connectivity index (χ1) is 12.7. The van der Waals surface area contributed by atoms with Crippen molar-refractivity contribution in [1.82, 2.24) is 9.88 Å². The van der Waals surface area contributed by atoms with Crippen LogP contribution < -0.4 is 0 Å². The number of para-hydroxylation sites is 1. The molecule has 1 fully saturated rings. The molecule has 0 atom stereocenters. The molecule has 134 valence electrons. The highest BCUT2D eigenvalue weighted by Crippen LogP contribution is 2.26. The number of fused-ring (bicyclic) bond motifs is 1. The Labute approximate surface area is 155 Å². The van der Waals surface area contributed by atoms with Crippen LogP contribution in [0, 0.1) is 12.8 Å². The van der Waals surface area contributed by atoms with E-state index in [1.165, 1.54) is 22.0 Å². The molecular formula is C23H26N2O. The van der Waals surface area contributed by atoms with Gasteiger partial charge in [0, 0.05) is 30.2 Å². The molecule has 1 N–H and O–H groups in total. The minimum atomic E-state index is 0.265. The maximum absolute atomic E-state index is 12.6. The molecule has 0 radical (unpaired) electrons. The number of rotatable bonds is 4. The summed E-state index contributed by atoms with van der Waals surface area (Å²) in [6, 6.07) is 16.8. The summed E-state index contributed by atoms with van der Waals surface area (Å²) in [6.45, 7) is 3.85. The zero-order chi connectivity index (χ0) is 17.9. The van der Waals surface area contributed by atoms with Crippen LogP contribution in [0.3, 0.4) is 0 Å². The third kappa shape index (κ3) is 3.67. The van der Waals surface area contributed by atoms with Gasteiger partial charge in [0.15, 0.2) is 0 Å². The van der Waals surface area contributed by atoms with Gasteiger partial charge in [0.1, 0.15) is 0 Å². The van der Waals surface area contributed by atoms with Gasteiger partial charge in [-0.3, -0.25) is 4.79 Å². The molecule has 3 heteroatoms. The molecule has 1 saturated heterocycles. The van der Waals surface area contributed by atoms with Crippen molar-refractivity contribution in [3.8, 4) is 0 Å². The number of aryl methyl sites for hydroxylation is 1. The van der Waals surface area contributed by atoms with Crippen molar-refractivity contribution < 1.29 is 4.79 Å². The zero-order valence-electron chi connectivity index (χ0n) is 15.4. The van der Waals surface area contributed by atoms with Gasteiger partial charge in [-0.05, 0) is 49.3 Å². The van der Waals surface area contributed by atoms with Crippen molar-refractivity contribution >= 4 is 16.8 Å². The van der Waals surface area contributed by atoms with Crippen LogP contribution in [-0.4, -0.2) is 28.9 Å². The number of piperidine rings is 1. The van der Waals surface area contributed by atoms with Crippen molar-refractivity contribution in [2.75, 3.05) is 13.1 Å². The quantitative estimate of drug-likeness (QED) is 0.742. The molecule has 1 amide bonds. The number of nitrogens with one attached hydrogen (secondary N) is 1. The third-order valence-corrected chi connectivity index (χ3v) is 5.59. The Hall–Kier alpha value is -2.55. The molecule has 0 spiro atoms. The highest BCUT2D eigenvalue weighted by Gasteiger charge is 2.23. The lowest BCUT2D eigenvalue weighted by atomic mass is 9.90.